The number of rotatable bonds is 1. The van der Waals surface area contributed by atoms with Crippen LogP contribution in [0.25, 0.3) is 0 Å². The Labute approximate surface area is 111 Å². The van der Waals surface area contributed by atoms with E-state index in [1.54, 1.807) is 18.0 Å². The van der Waals surface area contributed by atoms with E-state index in [-0.39, 0.29) is 17.0 Å². The fraction of sp³-hybridized carbons (Fsp3) is 0.545. The number of hydrogen-bond donors (Lipinski definition) is 1. The fourth-order valence-corrected chi connectivity index (χ4v) is 2.36. The van der Waals surface area contributed by atoms with Crippen LogP contribution in [-0.4, -0.2) is 46.5 Å². The molecule has 7 heteroatoms. The first-order valence-electron chi connectivity index (χ1n) is 5.65. The van der Waals surface area contributed by atoms with Gasteiger partial charge in [-0.15, -0.1) is 0 Å². The molecule has 6 nitrogen and oxygen atoms in total. The highest BCUT2D eigenvalue weighted by Crippen LogP contribution is 2.28. The summed E-state index contributed by atoms with van der Waals surface area (Å²) >= 11 is 5.87. The Hall–Kier alpha value is -1.56. The van der Waals surface area contributed by atoms with Crippen molar-refractivity contribution in [3.8, 4) is 0 Å². The minimum Gasteiger partial charge on any atom is -0.368 e. The predicted octanol–water partition coefficient (Wildman–Crippen LogP) is 0.769. The molecule has 2 N–H and O–H groups in total. The van der Waals surface area contributed by atoms with Gasteiger partial charge in [0.25, 0.3) is 0 Å². The third kappa shape index (κ3) is 2.08. The summed E-state index contributed by atoms with van der Waals surface area (Å²) in [7, 11) is 1.79. The van der Waals surface area contributed by atoms with Crippen LogP contribution < -0.4 is 10.6 Å². The lowest BCUT2D eigenvalue weighted by Gasteiger charge is -2.45. The number of likely N-dealkylation sites (N-methyl/N-ethyl adjacent to an activating group) is 1. The maximum Gasteiger partial charge on any atom is 0.247 e. The molecule has 0 bridgehead atoms. The molecular formula is C11H16ClN5O. The van der Waals surface area contributed by atoms with Gasteiger partial charge >= 0.3 is 0 Å². The van der Waals surface area contributed by atoms with Gasteiger partial charge in [-0.1, -0.05) is 11.6 Å². The van der Waals surface area contributed by atoms with E-state index in [2.05, 4.69) is 9.97 Å². The number of carbonyl (C=O) groups is 1. The van der Waals surface area contributed by atoms with Gasteiger partial charge in [0.05, 0.1) is 0 Å². The second kappa shape index (κ2) is 4.28. The number of amides is 1. The van der Waals surface area contributed by atoms with Crippen molar-refractivity contribution in [2.75, 3.05) is 30.8 Å². The molecule has 1 aromatic rings. The fourth-order valence-electron chi connectivity index (χ4n) is 2.18. The monoisotopic (exact) mass is 269 g/mol. The molecule has 1 saturated heterocycles. The number of halogens is 1. The molecule has 1 aromatic heterocycles. The number of hydrogen-bond acceptors (Lipinski definition) is 5. The summed E-state index contributed by atoms with van der Waals surface area (Å²) in [6.07, 6.45) is 0. The lowest BCUT2D eigenvalue weighted by molar-refractivity contribution is -0.136. The van der Waals surface area contributed by atoms with E-state index in [0.717, 1.165) is 0 Å². The smallest absolute Gasteiger partial charge is 0.247 e. The summed E-state index contributed by atoms with van der Waals surface area (Å²) in [5, 5.41) is 0.277. The third-order valence-corrected chi connectivity index (χ3v) is 3.37. The summed E-state index contributed by atoms with van der Waals surface area (Å²) in [6.45, 7) is 5.04. The van der Waals surface area contributed by atoms with Crippen molar-refractivity contribution >= 4 is 29.3 Å². The van der Waals surface area contributed by atoms with E-state index in [1.807, 2.05) is 18.7 Å². The first kappa shape index (κ1) is 12.9. The Balaban J connectivity index is 2.41. The molecule has 0 aliphatic carbocycles. The molecule has 1 aliphatic rings. The number of nitrogens with two attached hydrogens (primary N) is 1. The molecule has 0 unspecified atom stereocenters. The number of carbonyl (C=O) groups excluding carboxylic acids is 1. The van der Waals surface area contributed by atoms with E-state index in [1.165, 1.54) is 0 Å². The molecule has 2 heterocycles. The predicted molar refractivity (Wildman–Crippen MR) is 70.5 cm³/mol. The molecule has 1 aliphatic heterocycles. The van der Waals surface area contributed by atoms with E-state index in [0.29, 0.717) is 18.9 Å². The summed E-state index contributed by atoms with van der Waals surface area (Å²) in [6, 6.07) is 1.62. The SMILES string of the molecule is CN1CCN(c2cc(Cl)nc(N)n2)C(C)(C)C1=O. The molecule has 98 valence electrons. The summed E-state index contributed by atoms with van der Waals surface area (Å²) in [5.41, 5.74) is 4.92. The zero-order valence-corrected chi connectivity index (χ0v) is 11.4. The zero-order valence-electron chi connectivity index (χ0n) is 10.6. The summed E-state index contributed by atoms with van der Waals surface area (Å²) in [5.74, 6) is 0.737. The topological polar surface area (TPSA) is 75.3 Å². The van der Waals surface area contributed by atoms with Gasteiger partial charge in [-0.2, -0.15) is 4.98 Å². The Morgan fingerprint density at radius 2 is 2.06 bits per heavy atom. The second-order valence-corrected chi connectivity index (χ2v) is 5.23. The van der Waals surface area contributed by atoms with Crippen molar-refractivity contribution in [1.29, 1.82) is 0 Å². The van der Waals surface area contributed by atoms with Crippen molar-refractivity contribution in [2.45, 2.75) is 19.4 Å². The summed E-state index contributed by atoms with van der Waals surface area (Å²) in [4.78, 5) is 23.8. The minimum absolute atomic E-state index is 0.0436. The van der Waals surface area contributed by atoms with Crippen LogP contribution in [0.4, 0.5) is 11.8 Å². The molecule has 0 spiro atoms. The maximum absolute atomic E-state index is 12.2. The van der Waals surface area contributed by atoms with Crippen LogP contribution in [0.5, 0.6) is 0 Å². The number of nitrogens with zero attached hydrogens (tertiary/aromatic N) is 4. The Kier molecular flexibility index (Phi) is 3.06. The Morgan fingerprint density at radius 1 is 1.39 bits per heavy atom. The van der Waals surface area contributed by atoms with Gasteiger partial charge in [0.2, 0.25) is 11.9 Å². The van der Waals surface area contributed by atoms with Crippen molar-refractivity contribution in [3.05, 3.63) is 11.2 Å². The van der Waals surface area contributed by atoms with Crippen LogP contribution in [0.3, 0.4) is 0 Å². The highest BCUT2D eigenvalue weighted by atomic mass is 35.5. The minimum atomic E-state index is -0.670. The average molecular weight is 270 g/mol. The van der Waals surface area contributed by atoms with Crippen LogP contribution >= 0.6 is 11.6 Å². The normalized spacial score (nSPS) is 19.2. The van der Waals surface area contributed by atoms with Crippen molar-refractivity contribution in [1.82, 2.24) is 14.9 Å². The van der Waals surface area contributed by atoms with Crippen molar-refractivity contribution in [3.63, 3.8) is 0 Å². The highest BCUT2D eigenvalue weighted by molar-refractivity contribution is 6.29. The Bertz CT molecular complexity index is 470. The standard InChI is InChI=1S/C11H16ClN5O/c1-11(2)9(18)16(3)4-5-17(11)8-6-7(12)14-10(13)15-8/h6H,4-5H2,1-3H3,(H2,13,14,15). The van der Waals surface area contributed by atoms with Gasteiger partial charge in [0, 0.05) is 26.2 Å². The van der Waals surface area contributed by atoms with Gasteiger partial charge in [0.1, 0.15) is 16.5 Å². The Morgan fingerprint density at radius 3 is 2.67 bits per heavy atom. The molecule has 2 rings (SSSR count). The number of piperazine rings is 1. The van der Waals surface area contributed by atoms with Crippen LogP contribution in [-0.2, 0) is 4.79 Å². The molecule has 0 radical (unpaired) electrons. The number of aromatic nitrogens is 2. The largest absolute Gasteiger partial charge is 0.368 e. The van der Waals surface area contributed by atoms with Crippen LogP contribution in [0, 0.1) is 0 Å². The van der Waals surface area contributed by atoms with Gasteiger partial charge in [0.15, 0.2) is 0 Å². The van der Waals surface area contributed by atoms with Gasteiger partial charge < -0.3 is 15.5 Å². The van der Waals surface area contributed by atoms with Crippen LogP contribution in [0.2, 0.25) is 5.15 Å². The van der Waals surface area contributed by atoms with Crippen LogP contribution in [0.1, 0.15) is 13.8 Å². The van der Waals surface area contributed by atoms with Crippen LogP contribution in [0.15, 0.2) is 6.07 Å². The van der Waals surface area contributed by atoms with E-state index >= 15 is 0 Å². The molecule has 1 amide bonds. The molecule has 0 atom stereocenters. The number of nitrogen functional groups attached to an aromatic ring is 1. The second-order valence-electron chi connectivity index (χ2n) is 4.84. The maximum atomic E-state index is 12.2. The molecular weight excluding hydrogens is 254 g/mol. The first-order valence-corrected chi connectivity index (χ1v) is 6.03. The van der Waals surface area contributed by atoms with Gasteiger partial charge in [-0.05, 0) is 13.8 Å². The quantitative estimate of drug-likeness (QED) is 0.762. The van der Waals surface area contributed by atoms with Crippen molar-refractivity contribution < 1.29 is 4.79 Å². The van der Waals surface area contributed by atoms with E-state index in [4.69, 9.17) is 17.3 Å². The molecule has 18 heavy (non-hydrogen) atoms. The third-order valence-electron chi connectivity index (χ3n) is 3.18. The van der Waals surface area contributed by atoms with Gasteiger partial charge in [-0.3, -0.25) is 4.79 Å². The first-order chi connectivity index (χ1) is 8.32. The summed E-state index contributed by atoms with van der Waals surface area (Å²) < 4.78 is 0. The van der Waals surface area contributed by atoms with E-state index in [9.17, 15) is 4.79 Å². The molecule has 1 fully saturated rings. The molecule has 0 aromatic carbocycles. The lowest BCUT2D eigenvalue weighted by atomic mass is 9.98. The van der Waals surface area contributed by atoms with Crippen molar-refractivity contribution in [2.24, 2.45) is 0 Å². The zero-order chi connectivity index (χ0) is 13.5. The lowest BCUT2D eigenvalue weighted by Crippen LogP contribution is -2.62. The number of anilines is 2. The highest BCUT2D eigenvalue weighted by Gasteiger charge is 2.41. The molecule has 0 saturated carbocycles. The average Bonchev–Trinajstić information content (AvgIpc) is 2.24. The van der Waals surface area contributed by atoms with E-state index < -0.39 is 5.54 Å². The van der Waals surface area contributed by atoms with Gasteiger partial charge in [-0.25, -0.2) is 4.98 Å².